The van der Waals surface area contributed by atoms with Gasteiger partial charge in [0.25, 0.3) is 5.91 Å². The van der Waals surface area contributed by atoms with Crippen LogP contribution in [0.1, 0.15) is 10.4 Å². The molecule has 0 aliphatic carbocycles. The Morgan fingerprint density at radius 2 is 1.83 bits per heavy atom. The van der Waals surface area contributed by atoms with Crippen LogP contribution in [0.2, 0.25) is 10.0 Å². The highest BCUT2D eigenvalue weighted by Gasteiger charge is 2.24. The molecule has 0 spiro atoms. The number of carbonyl (C=O) groups excluding carboxylic acids is 1. The van der Waals surface area contributed by atoms with Gasteiger partial charge in [-0.1, -0.05) is 35.3 Å². The van der Waals surface area contributed by atoms with E-state index in [1.807, 2.05) is 0 Å². The molecule has 0 atom stereocenters. The fourth-order valence-electron chi connectivity index (χ4n) is 2.28. The number of nitrogens with zero attached hydrogens (tertiary/aromatic N) is 3. The van der Waals surface area contributed by atoms with Crippen LogP contribution in [0.3, 0.4) is 0 Å². The number of carbonyl (C=O) groups is 1. The Balaban J connectivity index is 1.87. The van der Waals surface area contributed by atoms with E-state index in [9.17, 15) is 19.3 Å². The van der Waals surface area contributed by atoms with Crippen LogP contribution in [-0.4, -0.2) is 20.8 Å². The van der Waals surface area contributed by atoms with Crippen LogP contribution in [-0.2, 0) is 0 Å². The molecule has 1 heterocycles. The largest absolute Gasteiger partial charge is 0.355 e. The van der Waals surface area contributed by atoms with Crippen molar-refractivity contribution >= 4 is 52.1 Å². The summed E-state index contributed by atoms with van der Waals surface area (Å²) in [5, 5.41) is 14.9. The van der Waals surface area contributed by atoms with E-state index < -0.39 is 22.3 Å². The molecule has 9 nitrogen and oxygen atoms in total. The number of rotatable bonds is 6. The molecular formula is C17H11Cl2FN6O3. The lowest BCUT2D eigenvalue weighted by Crippen LogP contribution is -2.31. The number of hydrogen-bond acceptors (Lipinski definition) is 7. The summed E-state index contributed by atoms with van der Waals surface area (Å²) in [6.07, 6.45) is 1.03. The van der Waals surface area contributed by atoms with Crippen LogP contribution in [0.15, 0.2) is 48.8 Å². The van der Waals surface area contributed by atoms with Crippen LogP contribution in [0, 0.1) is 15.9 Å². The summed E-state index contributed by atoms with van der Waals surface area (Å²) in [7, 11) is 0. The molecule has 0 aliphatic heterocycles. The van der Waals surface area contributed by atoms with Gasteiger partial charge in [0.05, 0.1) is 21.2 Å². The summed E-state index contributed by atoms with van der Waals surface area (Å²) < 4.78 is 13.7. The quantitative estimate of drug-likeness (QED) is 0.388. The number of halogens is 3. The van der Waals surface area contributed by atoms with Crippen molar-refractivity contribution in [2.24, 2.45) is 0 Å². The lowest BCUT2D eigenvalue weighted by Gasteiger charge is -2.12. The van der Waals surface area contributed by atoms with E-state index in [2.05, 4.69) is 26.1 Å². The maximum Gasteiger partial charge on any atom is 0.355 e. The third kappa shape index (κ3) is 4.68. The molecule has 3 aromatic rings. The summed E-state index contributed by atoms with van der Waals surface area (Å²) in [5.74, 6) is -2.11. The van der Waals surface area contributed by atoms with Gasteiger partial charge in [0.2, 0.25) is 11.6 Å². The highest BCUT2D eigenvalue weighted by atomic mass is 35.5. The van der Waals surface area contributed by atoms with E-state index >= 15 is 0 Å². The number of benzene rings is 2. The van der Waals surface area contributed by atoms with Gasteiger partial charge in [0.15, 0.2) is 0 Å². The van der Waals surface area contributed by atoms with Gasteiger partial charge in [-0.25, -0.2) is 14.4 Å². The molecule has 0 aliphatic rings. The highest BCUT2D eigenvalue weighted by Crippen LogP contribution is 2.34. The molecule has 148 valence electrons. The van der Waals surface area contributed by atoms with Crippen LogP contribution < -0.4 is 16.2 Å². The van der Waals surface area contributed by atoms with Gasteiger partial charge in [-0.3, -0.25) is 25.8 Å². The number of hydrazine groups is 1. The summed E-state index contributed by atoms with van der Waals surface area (Å²) in [6, 6.07) is 9.79. The first-order valence-corrected chi connectivity index (χ1v) is 8.64. The van der Waals surface area contributed by atoms with Gasteiger partial charge >= 0.3 is 5.69 Å². The van der Waals surface area contributed by atoms with Gasteiger partial charge in [0.1, 0.15) is 12.1 Å². The molecule has 0 saturated carbocycles. The molecule has 0 fully saturated rings. The minimum atomic E-state index is -0.844. The van der Waals surface area contributed by atoms with E-state index in [0.29, 0.717) is 5.02 Å². The van der Waals surface area contributed by atoms with Crippen LogP contribution >= 0.6 is 23.2 Å². The number of nitrogens with one attached hydrogen (secondary N) is 3. The van der Waals surface area contributed by atoms with Crippen molar-refractivity contribution in [3.05, 3.63) is 80.3 Å². The van der Waals surface area contributed by atoms with Crippen LogP contribution in [0.25, 0.3) is 0 Å². The second kappa shape index (κ2) is 8.67. The van der Waals surface area contributed by atoms with Crippen molar-refractivity contribution in [2.75, 3.05) is 10.7 Å². The van der Waals surface area contributed by atoms with Gasteiger partial charge in [0, 0.05) is 5.02 Å². The van der Waals surface area contributed by atoms with E-state index in [1.165, 1.54) is 30.3 Å². The molecule has 0 saturated heterocycles. The fraction of sp³-hybridized carbons (Fsp3) is 0. The van der Waals surface area contributed by atoms with Crippen molar-refractivity contribution in [3.8, 4) is 0 Å². The van der Waals surface area contributed by atoms with E-state index in [1.54, 1.807) is 6.07 Å². The second-order valence-electron chi connectivity index (χ2n) is 5.48. The molecule has 3 rings (SSSR count). The third-order valence-electron chi connectivity index (χ3n) is 3.60. The maximum absolute atomic E-state index is 13.7. The summed E-state index contributed by atoms with van der Waals surface area (Å²) in [4.78, 5) is 30.5. The molecular weight excluding hydrogens is 426 g/mol. The average molecular weight is 437 g/mol. The summed E-state index contributed by atoms with van der Waals surface area (Å²) in [6.45, 7) is 0. The first-order chi connectivity index (χ1) is 13.9. The Morgan fingerprint density at radius 1 is 1.10 bits per heavy atom. The SMILES string of the molecule is O=C(NNc1ncnc(Nc2cc(Cl)ccc2Cl)c1[N+](=O)[O-])c1ccccc1F. The van der Waals surface area contributed by atoms with Gasteiger partial charge in [-0.15, -0.1) is 0 Å². The van der Waals surface area contributed by atoms with E-state index in [4.69, 9.17) is 23.2 Å². The molecule has 1 amide bonds. The second-order valence-corrected chi connectivity index (χ2v) is 6.33. The zero-order valence-corrected chi connectivity index (χ0v) is 15.8. The molecule has 29 heavy (non-hydrogen) atoms. The van der Waals surface area contributed by atoms with Crippen molar-refractivity contribution in [1.29, 1.82) is 0 Å². The van der Waals surface area contributed by atoms with Gasteiger partial charge < -0.3 is 5.32 Å². The van der Waals surface area contributed by atoms with Crippen molar-refractivity contribution in [3.63, 3.8) is 0 Å². The van der Waals surface area contributed by atoms with Crippen LogP contribution in [0.5, 0.6) is 0 Å². The lowest BCUT2D eigenvalue weighted by molar-refractivity contribution is -0.383. The first-order valence-electron chi connectivity index (χ1n) is 7.89. The average Bonchev–Trinajstić information content (AvgIpc) is 2.69. The third-order valence-corrected chi connectivity index (χ3v) is 4.16. The van der Waals surface area contributed by atoms with Gasteiger partial charge in [-0.05, 0) is 30.3 Å². The van der Waals surface area contributed by atoms with Gasteiger partial charge in [-0.2, -0.15) is 0 Å². The van der Waals surface area contributed by atoms with Crippen molar-refractivity contribution in [2.45, 2.75) is 0 Å². The first kappa shape index (κ1) is 20.2. The molecule has 12 heteroatoms. The lowest BCUT2D eigenvalue weighted by atomic mass is 10.2. The number of aromatic nitrogens is 2. The molecule has 2 aromatic carbocycles. The molecule has 0 radical (unpaired) electrons. The predicted molar refractivity (Wildman–Crippen MR) is 106 cm³/mol. The minimum Gasteiger partial charge on any atom is -0.333 e. The zero-order chi connectivity index (χ0) is 21.0. The topological polar surface area (TPSA) is 122 Å². The minimum absolute atomic E-state index is 0.197. The monoisotopic (exact) mass is 436 g/mol. The molecule has 0 unspecified atom stereocenters. The summed E-state index contributed by atoms with van der Waals surface area (Å²) in [5.41, 5.74) is 3.94. The smallest absolute Gasteiger partial charge is 0.333 e. The fourth-order valence-corrected chi connectivity index (χ4v) is 2.62. The number of amides is 1. The zero-order valence-electron chi connectivity index (χ0n) is 14.3. The molecule has 0 bridgehead atoms. The normalized spacial score (nSPS) is 10.3. The predicted octanol–water partition coefficient (Wildman–Crippen LogP) is 4.33. The number of hydrogen-bond donors (Lipinski definition) is 3. The van der Waals surface area contributed by atoms with E-state index in [0.717, 1.165) is 12.4 Å². The Labute approximate surface area is 173 Å². The Kier molecular flexibility index (Phi) is 6.05. The highest BCUT2D eigenvalue weighted by molar-refractivity contribution is 6.35. The molecule has 1 aromatic heterocycles. The Hall–Kier alpha value is -3.50. The number of nitro groups is 1. The standard InChI is InChI=1S/C17H11Cl2FN6O3/c18-9-5-6-11(19)13(7-9)23-15-14(26(28)29)16(22-8-21-15)24-25-17(27)10-3-1-2-4-12(10)20/h1-8H,(H,25,27)(H2,21,22,23,24). The summed E-state index contributed by atoms with van der Waals surface area (Å²) >= 11 is 12.0. The Morgan fingerprint density at radius 3 is 2.55 bits per heavy atom. The number of anilines is 3. The van der Waals surface area contributed by atoms with Crippen molar-refractivity contribution in [1.82, 2.24) is 15.4 Å². The van der Waals surface area contributed by atoms with Crippen LogP contribution in [0.4, 0.5) is 27.4 Å². The van der Waals surface area contributed by atoms with Crippen molar-refractivity contribution < 1.29 is 14.1 Å². The van der Waals surface area contributed by atoms with E-state index in [-0.39, 0.29) is 27.9 Å². The Bertz CT molecular complexity index is 1100. The maximum atomic E-state index is 13.7. The molecule has 3 N–H and O–H groups in total.